The van der Waals surface area contributed by atoms with Crippen LogP contribution in [-0.2, 0) is 0 Å². The second kappa shape index (κ2) is 4.86. The van der Waals surface area contributed by atoms with Crippen LogP contribution in [0.25, 0.3) is 16.4 Å². The van der Waals surface area contributed by atoms with E-state index in [9.17, 15) is 4.79 Å². The maximum atomic E-state index is 12.1. The predicted octanol–water partition coefficient (Wildman–Crippen LogP) is 3.26. The summed E-state index contributed by atoms with van der Waals surface area (Å²) in [6, 6.07) is 9.75. The molecule has 1 aromatic carbocycles. The Kier molecular flexibility index (Phi) is 3.03. The van der Waals surface area contributed by atoms with E-state index in [4.69, 9.17) is 5.53 Å². The van der Waals surface area contributed by atoms with E-state index in [0.29, 0.717) is 10.8 Å². The molecule has 7 heteroatoms. The van der Waals surface area contributed by atoms with Gasteiger partial charge in [-0.15, -0.1) is 11.3 Å². The van der Waals surface area contributed by atoms with Crippen molar-refractivity contribution in [3.8, 4) is 16.4 Å². The van der Waals surface area contributed by atoms with Crippen molar-refractivity contribution in [2.75, 3.05) is 0 Å². The van der Waals surface area contributed by atoms with Crippen LogP contribution in [0.3, 0.4) is 0 Å². The largest absolute Gasteiger partial charge is 0.301 e. The van der Waals surface area contributed by atoms with E-state index < -0.39 is 0 Å². The van der Waals surface area contributed by atoms with Crippen molar-refractivity contribution in [2.45, 2.75) is 6.92 Å². The van der Waals surface area contributed by atoms with E-state index in [-0.39, 0.29) is 11.2 Å². The molecule has 0 fully saturated rings. The first-order valence-electron chi connectivity index (χ1n) is 5.91. The number of hydrogen-bond acceptors (Lipinski definition) is 5. The number of aromatic amines is 1. The highest BCUT2D eigenvalue weighted by atomic mass is 32.1. The standard InChI is InChI=1S/C13H11N5OS/c1-8-11(16-14)12(19)18(17-8)13-15-10(7-20-13)9-5-3-2-4-6-9/h2-7,14,17H,1H3. The highest BCUT2D eigenvalue weighted by molar-refractivity contribution is 7.12. The molecule has 0 spiro atoms. The van der Waals surface area contributed by atoms with Crippen molar-refractivity contribution in [3.05, 3.63) is 51.8 Å². The van der Waals surface area contributed by atoms with Crippen LogP contribution in [0.1, 0.15) is 5.69 Å². The number of thiazole rings is 1. The van der Waals surface area contributed by atoms with E-state index in [2.05, 4.69) is 15.2 Å². The van der Waals surface area contributed by atoms with Crippen molar-refractivity contribution < 1.29 is 0 Å². The SMILES string of the molecule is Cc1[nH]n(-c2nc(-c3ccccc3)cs2)c(=O)c1N=N. The first kappa shape index (κ1) is 12.5. The molecule has 3 aromatic rings. The summed E-state index contributed by atoms with van der Waals surface area (Å²) in [7, 11) is 0. The van der Waals surface area contributed by atoms with E-state index >= 15 is 0 Å². The molecule has 2 heterocycles. The number of benzene rings is 1. The highest BCUT2D eigenvalue weighted by Crippen LogP contribution is 2.23. The van der Waals surface area contributed by atoms with Crippen LogP contribution in [0.15, 0.2) is 45.6 Å². The van der Waals surface area contributed by atoms with Crippen LogP contribution in [-0.4, -0.2) is 14.8 Å². The lowest BCUT2D eigenvalue weighted by Crippen LogP contribution is -2.13. The van der Waals surface area contributed by atoms with Gasteiger partial charge in [0.05, 0.1) is 11.4 Å². The Morgan fingerprint density at radius 1 is 1.35 bits per heavy atom. The molecule has 100 valence electrons. The first-order valence-corrected chi connectivity index (χ1v) is 6.79. The normalized spacial score (nSPS) is 10.7. The Morgan fingerprint density at radius 3 is 2.75 bits per heavy atom. The van der Waals surface area contributed by atoms with Gasteiger partial charge in [0.25, 0.3) is 0 Å². The molecule has 0 aliphatic carbocycles. The second-order valence-corrected chi connectivity index (χ2v) is 5.06. The molecular weight excluding hydrogens is 274 g/mol. The molecule has 0 atom stereocenters. The molecule has 0 radical (unpaired) electrons. The monoisotopic (exact) mass is 285 g/mol. The van der Waals surface area contributed by atoms with Gasteiger partial charge >= 0.3 is 5.56 Å². The zero-order valence-electron chi connectivity index (χ0n) is 10.6. The van der Waals surface area contributed by atoms with Crippen LogP contribution >= 0.6 is 11.3 Å². The molecule has 0 saturated carbocycles. The van der Waals surface area contributed by atoms with Crippen LogP contribution in [0.2, 0.25) is 0 Å². The first-order chi connectivity index (χ1) is 9.70. The van der Waals surface area contributed by atoms with Gasteiger partial charge in [0.1, 0.15) is 0 Å². The number of aromatic nitrogens is 3. The molecular formula is C13H11N5OS. The van der Waals surface area contributed by atoms with Gasteiger partial charge in [-0.2, -0.15) is 9.80 Å². The van der Waals surface area contributed by atoms with Gasteiger partial charge in [0.15, 0.2) is 5.69 Å². The molecule has 0 unspecified atom stereocenters. The van der Waals surface area contributed by atoms with Crippen LogP contribution in [0, 0.1) is 12.5 Å². The van der Waals surface area contributed by atoms with E-state index in [0.717, 1.165) is 11.3 Å². The zero-order valence-corrected chi connectivity index (χ0v) is 11.4. The fourth-order valence-electron chi connectivity index (χ4n) is 1.91. The Morgan fingerprint density at radius 2 is 2.10 bits per heavy atom. The molecule has 0 aliphatic rings. The number of nitrogens with zero attached hydrogens (tertiary/aromatic N) is 3. The summed E-state index contributed by atoms with van der Waals surface area (Å²) in [5.74, 6) is 0. The van der Waals surface area contributed by atoms with Gasteiger partial charge in [-0.25, -0.2) is 10.5 Å². The summed E-state index contributed by atoms with van der Waals surface area (Å²) in [5.41, 5.74) is 9.14. The van der Waals surface area contributed by atoms with Gasteiger partial charge in [-0.3, -0.25) is 9.89 Å². The van der Waals surface area contributed by atoms with Gasteiger partial charge in [-0.05, 0) is 6.92 Å². The molecule has 20 heavy (non-hydrogen) atoms. The lowest BCUT2D eigenvalue weighted by molar-refractivity contribution is 0.827. The number of rotatable bonds is 3. The second-order valence-electron chi connectivity index (χ2n) is 4.22. The molecule has 0 bridgehead atoms. The summed E-state index contributed by atoms with van der Waals surface area (Å²) in [6.07, 6.45) is 0. The quantitative estimate of drug-likeness (QED) is 0.723. The molecule has 0 amide bonds. The van der Waals surface area contributed by atoms with Crippen molar-refractivity contribution in [3.63, 3.8) is 0 Å². The topological polar surface area (TPSA) is 86.9 Å². The smallest absolute Gasteiger partial charge is 0.291 e. The van der Waals surface area contributed by atoms with Crippen molar-refractivity contribution in [2.24, 2.45) is 5.11 Å². The third kappa shape index (κ3) is 1.97. The molecule has 6 nitrogen and oxygen atoms in total. The van der Waals surface area contributed by atoms with E-state index in [1.165, 1.54) is 16.0 Å². The van der Waals surface area contributed by atoms with Crippen molar-refractivity contribution >= 4 is 17.0 Å². The molecule has 3 rings (SSSR count). The summed E-state index contributed by atoms with van der Waals surface area (Å²) >= 11 is 1.36. The van der Waals surface area contributed by atoms with Gasteiger partial charge in [-0.1, -0.05) is 30.3 Å². The van der Waals surface area contributed by atoms with Crippen molar-refractivity contribution in [1.82, 2.24) is 14.8 Å². The van der Waals surface area contributed by atoms with Gasteiger partial charge in [0, 0.05) is 10.9 Å². The molecule has 2 N–H and O–H groups in total. The maximum Gasteiger partial charge on any atom is 0.301 e. The lowest BCUT2D eigenvalue weighted by atomic mass is 10.2. The Hall–Kier alpha value is -2.54. The predicted molar refractivity (Wildman–Crippen MR) is 77.0 cm³/mol. The van der Waals surface area contributed by atoms with Gasteiger partial charge < -0.3 is 0 Å². The van der Waals surface area contributed by atoms with Crippen LogP contribution < -0.4 is 5.56 Å². The third-order valence-electron chi connectivity index (χ3n) is 2.91. The third-order valence-corrected chi connectivity index (χ3v) is 3.73. The van der Waals surface area contributed by atoms with Crippen LogP contribution in [0.5, 0.6) is 0 Å². The highest BCUT2D eigenvalue weighted by Gasteiger charge is 2.14. The molecule has 0 saturated heterocycles. The number of nitrogens with one attached hydrogen (secondary N) is 2. The minimum absolute atomic E-state index is 0.112. The average Bonchev–Trinajstić information content (AvgIpc) is 3.05. The number of aryl methyl sites for hydroxylation is 1. The summed E-state index contributed by atoms with van der Waals surface area (Å²) in [6.45, 7) is 1.71. The van der Waals surface area contributed by atoms with Crippen molar-refractivity contribution in [1.29, 1.82) is 5.53 Å². The number of hydrogen-bond donors (Lipinski definition) is 2. The Labute approximate surface area is 118 Å². The number of H-pyrrole nitrogens is 1. The summed E-state index contributed by atoms with van der Waals surface area (Å²) < 4.78 is 1.32. The average molecular weight is 285 g/mol. The fraction of sp³-hybridized carbons (Fsp3) is 0.0769. The van der Waals surface area contributed by atoms with Gasteiger partial charge in [0.2, 0.25) is 5.13 Å². The zero-order chi connectivity index (χ0) is 14.1. The Bertz CT molecular complexity index is 815. The van der Waals surface area contributed by atoms with E-state index in [1.807, 2.05) is 35.7 Å². The molecule has 2 aromatic heterocycles. The maximum absolute atomic E-state index is 12.1. The molecule has 0 aliphatic heterocycles. The van der Waals surface area contributed by atoms with E-state index in [1.54, 1.807) is 6.92 Å². The Balaban J connectivity index is 2.07. The fourth-order valence-corrected chi connectivity index (χ4v) is 2.70. The summed E-state index contributed by atoms with van der Waals surface area (Å²) in [5, 5.41) is 8.55. The summed E-state index contributed by atoms with van der Waals surface area (Å²) in [4.78, 5) is 16.5. The minimum atomic E-state index is -0.355. The minimum Gasteiger partial charge on any atom is -0.291 e. The lowest BCUT2D eigenvalue weighted by Gasteiger charge is -1.95. The van der Waals surface area contributed by atoms with Crippen LogP contribution in [0.4, 0.5) is 5.69 Å².